The van der Waals surface area contributed by atoms with Gasteiger partial charge in [-0.15, -0.1) is 0 Å². The van der Waals surface area contributed by atoms with Gasteiger partial charge in [0.2, 0.25) is 0 Å². The van der Waals surface area contributed by atoms with E-state index < -0.39 is 0 Å². The summed E-state index contributed by atoms with van der Waals surface area (Å²) in [5.74, 6) is 2.50. The molecule has 2 nitrogen and oxygen atoms in total. The molecule has 19 heavy (non-hydrogen) atoms. The summed E-state index contributed by atoms with van der Waals surface area (Å²) in [6.45, 7) is 12.6. The highest BCUT2D eigenvalue weighted by Gasteiger charge is 2.38. The van der Waals surface area contributed by atoms with Crippen molar-refractivity contribution in [2.45, 2.75) is 65.9 Å². The molecule has 1 saturated carbocycles. The molecule has 2 rings (SSSR count). The van der Waals surface area contributed by atoms with Gasteiger partial charge in [-0.3, -0.25) is 0 Å². The first kappa shape index (κ1) is 15.3. The maximum absolute atomic E-state index is 6.08. The summed E-state index contributed by atoms with van der Waals surface area (Å²) in [6, 6.07) is 0. The van der Waals surface area contributed by atoms with Crippen LogP contribution in [0.25, 0.3) is 0 Å². The van der Waals surface area contributed by atoms with E-state index in [9.17, 15) is 0 Å². The van der Waals surface area contributed by atoms with E-state index in [1.165, 1.54) is 32.1 Å². The molecule has 2 aliphatic rings. The summed E-state index contributed by atoms with van der Waals surface area (Å²) in [5.41, 5.74) is 0.491. The summed E-state index contributed by atoms with van der Waals surface area (Å²) >= 11 is 0. The van der Waals surface area contributed by atoms with E-state index in [1.807, 2.05) is 0 Å². The zero-order valence-electron chi connectivity index (χ0n) is 13.4. The number of hydrogen-bond acceptors (Lipinski definition) is 2. The van der Waals surface area contributed by atoms with Crippen molar-refractivity contribution >= 4 is 0 Å². The van der Waals surface area contributed by atoms with Crippen LogP contribution in [0.2, 0.25) is 0 Å². The van der Waals surface area contributed by atoms with Crippen LogP contribution in [0.3, 0.4) is 0 Å². The zero-order chi connectivity index (χ0) is 13.9. The molecule has 2 unspecified atom stereocenters. The van der Waals surface area contributed by atoms with Gasteiger partial charge >= 0.3 is 0 Å². The predicted molar refractivity (Wildman–Crippen MR) is 81.3 cm³/mol. The Balaban J connectivity index is 1.83. The minimum Gasteiger partial charge on any atom is -0.378 e. The lowest BCUT2D eigenvalue weighted by molar-refractivity contribution is 0.0105. The Morgan fingerprint density at radius 1 is 1.05 bits per heavy atom. The van der Waals surface area contributed by atoms with Gasteiger partial charge in [-0.25, -0.2) is 0 Å². The highest BCUT2D eigenvalue weighted by atomic mass is 16.5. The molecular formula is C17H33NO. The van der Waals surface area contributed by atoms with E-state index in [-0.39, 0.29) is 0 Å². The molecule has 1 heterocycles. The summed E-state index contributed by atoms with van der Waals surface area (Å²) in [7, 11) is 0. The molecule has 0 radical (unpaired) electrons. The Morgan fingerprint density at radius 3 is 2.32 bits per heavy atom. The van der Waals surface area contributed by atoms with E-state index in [0.29, 0.717) is 11.5 Å². The molecule has 1 saturated heterocycles. The van der Waals surface area contributed by atoms with E-state index in [4.69, 9.17) is 4.74 Å². The number of nitrogens with one attached hydrogen (secondary N) is 1. The van der Waals surface area contributed by atoms with Crippen molar-refractivity contribution in [2.24, 2.45) is 23.2 Å². The molecule has 1 aliphatic carbocycles. The maximum atomic E-state index is 6.08. The zero-order valence-corrected chi connectivity index (χ0v) is 13.4. The third-order valence-electron chi connectivity index (χ3n) is 5.38. The molecule has 2 atom stereocenters. The Labute approximate surface area is 119 Å². The Morgan fingerprint density at radius 2 is 1.74 bits per heavy atom. The third kappa shape index (κ3) is 3.95. The van der Waals surface area contributed by atoms with Gasteiger partial charge in [0.05, 0.1) is 6.10 Å². The van der Waals surface area contributed by atoms with Crippen LogP contribution < -0.4 is 5.32 Å². The second kappa shape index (κ2) is 6.58. The van der Waals surface area contributed by atoms with Crippen LogP contribution >= 0.6 is 0 Å². The van der Waals surface area contributed by atoms with Gasteiger partial charge in [0.1, 0.15) is 0 Å². The first-order valence-electron chi connectivity index (χ1n) is 8.34. The highest BCUT2D eigenvalue weighted by molar-refractivity contribution is 4.88. The van der Waals surface area contributed by atoms with Gasteiger partial charge in [0, 0.05) is 19.1 Å². The first-order valence-corrected chi connectivity index (χ1v) is 8.34. The van der Waals surface area contributed by atoms with Crippen molar-refractivity contribution < 1.29 is 4.74 Å². The van der Waals surface area contributed by atoms with Crippen LogP contribution in [0.4, 0.5) is 0 Å². The highest BCUT2D eigenvalue weighted by Crippen LogP contribution is 2.43. The van der Waals surface area contributed by atoms with Gasteiger partial charge in [-0.05, 0) is 55.9 Å². The lowest BCUT2D eigenvalue weighted by Crippen LogP contribution is -2.36. The minimum atomic E-state index is 0.491. The molecule has 0 aromatic carbocycles. The van der Waals surface area contributed by atoms with E-state index in [0.717, 1.165) is 37.5 Å². The molecule has 0 spiro atoms. The van der Waals surface area contributed by atoms with Crippen molar-refractivity contribution in [3.63, 3.8) is 0 Å². The van der Waals surface area contributed by atoms with Gasteiger partial charge in [0.25, 0.3) is 0 Å². The Hall–Kier alpha value is -0.0800. The van der Waals surface area contributed by atoms with Crippen LogP contribution in [0.15, 0.2) is 0 Å². The standard InChI is InChI=1S/C17H33NO/c1-5-18-12-14-10-11-19-16(14)13-6-8-15(9-7-13)17(2,3)4/h13-16,18H,5-12H2,1-4H3. The van der Waals surface area contributed by atoms with E-state index in [2.05, 4.69) is 33.0 Å². The third-order valence-corrected chi connectivity index (χ3v) is 5.38. The summed E-state index contributed by atoms with van der Waals surface area (Å²) < 4.78 is 6.08. The number of rotatable bonds is 4. The Kier molecular flexibility index (Phi) is 5.30. The van der Waals surface area contributed by atoms with E-state index in [1.54, 1.807) is 0 Å². The lowest BCUT2D eigenvalue weighted by atomic mass is 9.68. The van der Waals surface area contributed by atoms with Crippen LogP contribution in [-0.4, -0.2) is 25.8 Å². The van der Waals surface area contributed by atoms with Gasteiger partial charge in [-0.2, -0.15) is 0 Å². The van der Waals surface area contributed by atoms with Crippen LogP contribution in [-0.2, 0) is 4.74 Å². The topological polar surface area (TPSA) is 21.3 Å². The quantitative estimate of drug-likeness (QED) is 0.835. The van der Waals surface area contributed by atoms with Gasteiger partial charge in [0.15, 0.2) is 0 Å². The van der Waals surface area contributed by atoms with Crippen LogP contribution in [0.5, 0.6) is 0 Å². The molecule has 2 heteroatoms. The monoisotopic (exact) mass is 267 g/mol. The lowest BCUT2D eigenvalue weighted by Gasteiger charge is -2.39. The molecule has 0 aromatic heterocycles. The largest absolute Gasteiger partial charge is 0.378 e. The number of hydrogen-bond donors (Lipinski definition) is 1. The average molecular weight is 267 g/mol. The second-order valence-electron chi connectivity index (χ2n) is 7.67. The molecule has 0 amide bonds. The molecule has 1 N–H and O–H groups in total. The molecule has 1 aliphatic heterocycles. The van der Waals surface area contributed by atoms with Crippen LogP contribution in [0, 0.1) is 23.2 Å². The van der Waals surface area contributed by atoms with Gasteiger partial charge < -0.3 is 10.1 Å². The summed E-state index contributed by atoms with van der Waals surface area (Å²) in [4.78, 5) is 0. The molecule has 2 fully saturated rings. The molecule has 112 valence electrons. The van der Waals surface area contributed by atoms with Crippen molar-refractivity contribution in [1.29, 1.82) is 0 Å². The fourth-order valence-electron chi connectivity index (χ4n) is 4.04. The SMILES string of the molecule is CCNCC1CCOC1C1CCC(C(C)(C)C)CC1. The number of ether oxygens (including phenoxy) is 1. The second-order valence-corrected chi connectivity index (χ2v) is 7.67. The molecular weight excluding hydrogens is 234 g/mol. The summed E-state index contributed by atoms with van der Waals surface area (Å²) in [6.07, 6.45) is 7.38. The molecule has 0 bridgehead atoms. The first-order chi connectivity index (χ1) is 9.02. The minimum absolute atomic E-state index is 0.491. The van der Waals surface area contributed by atoms with Crippen molar-refractivity contribution in [3.05, 3.63) is 0 Å². The fraction of sp³-hybridized carbons (Fsp3) is 1.00. The van der Waals surface area contributed by atoms with Crippen molar-refractivity contribution in [2.75, 3.05) is 19.7 Å². The summed E-state index contributed by atoms with van der Waals surface area (Å²) in [5, 5.41) is 3.51. The van der Waals surface area contributed by atoms with Crippen molar-refractivity contribution in [1.82, 2.24) is 5.32 Å². The van der Waals surface area contributed by atoms with E-state index >= 15 is 0 Å². The maximum Gasteiger partial charge on any atom is 0.0644 e. The predicted octanol–water partition coefficient (Wildman–Crippen LogP) is 3.85. The van der Waals surface area contributed by atoms with Crippen LogP contribution in [0.1, 0.15) is 59.8 Å². The average Bonchev–Trinajstić information content (AvgIpc) is 2.83. The van der Waals surface area contributed by atoms with Crippen molar-refractivity contribution in [3.8, 4) is 0 Å². The smallest absolute Gasteiger partial charge is 0.0644 e. The van der Waals surface area contributed by atoms with Gasteiger partial charge in [-0.1, -0.05) is 27.7 Å². The fourth-order valence-corrected chi connectivity index (χ4v) is 4.04. The normalized spacial score (nSPS) is 36.6. The molecule has 0 aromatic rings. The Bertz CT molecular complexity index is 263.